The topological polar surface area (TPSA) is 35.5 Å². The van der Waals surface area contributed by atoms with Crippen molar-refractivity contribution in [1.29, 1.82) is 0 Å². The lowest BCUT2D eigenvalue weighted by Gasteiger charge is -2.11. The summed E-state index contributed by atoms with van der Waals surface area (Å²) >= 11 is 6.80. The number of hydrogen-bond acceptors (Lipinski definition) is 3. The maximum Gasteiger partial charge on any atom is 0.197 e. The molecule has 0 atom stereocenters. The summed E-state index contributed by atoms with van der Waals surface area (Å²) in [4.78, 5) is 12.7. The molecule has 0 aliphatic rings. The van der Waals surface area contributed by atoms with Gasteiger partial charge in [-0.25, -0.2) is 0 Å². The zero-order chi connectivity index (χ0) is 15.2. The highest BCUT2D eigenvalue weighted by atomic mass is 79.9. The number of halogens is 2. The van der Waals surface area contributed by atoms with Gasteiger partial charge in [-0.15, -0.1) is 0 Å². The van der Waals surface area contributed by atoms with Gasteiger partial charge in [0.2, 0.25) is 0 Å². The number of carbonyl (C=O) groups excluding carboxylic acids is 1. The molecule has 3 nitrogen and oxygen atoms in total. The summed E-state index contributed by atoms with van der Waals surface area (Å²) in [6, 6.07) is 12.7. The third-order valence-electron chi connectivity index (χ3n) is 2.85. The summed E-state index contributed by atoms with van der Waals surface area (Å²) in [6.45, 7) is 0.879. The van der Waals surface area contributed by atoms with Crippen molar-refractivity contribution in [3.63, 3.8) is 0 Å². The standard InChI is InChI=1S/C16H14Br2O3/c1-20-8-9-21-15-5-3-2-4-12(15)16(19)13-10-11(17)6-7-14(13)18/h2-7,10H,8-9H2,1H3. The molecule has 0 aliphatic carbocycles. The quantitative estimate of drug-likeness (QED) is 0.517. The molecule has 0 saturated heterocycles. The summed E-state index contributed by atoms with van der Waals surface area (Å²) in [5.74, 6) is 0.475. The van der Waals surface area contributed by atoms with Crippen molar-refractivity contribution in [2.45, 2.75) is 0 Å². The second kappa shape index (κ2) is 7.73. The number of benzene rings is 2. The maximum atomic E-state index is 12.7. The van der Waals surface area contributed by atoms with Crippen LogP contribution in [0.1, 0.15) is 15.9 Å². The van der Waals surface area contributed by atoms with Crippen molar-refractivity contribution in [3.8, 4) is 5.75 Å². The Labute approximate surface area is 140 Å². The van der Waals surface area contributed by atoms with Crippen LogP contribution in [0.2, 0.25) is 0 Å². The molecule has 21 heavy (non-hydrogen) atoms. The van der Waals surface area contributed by atoms with E-state index in [1.165, 1.54) is 0 Å². The van der Waals surface area contributed by atoms with Crippen LogP contribution in [0.15, 0.2) is 51.4 Å². The van der Waals surface area contributed by atoms with E-state index >= 15 is 0 Å². The van der Waals surface area contributed by atoms with E-state index in [0.717, 1.165) is 8.95 Å². The van der Waals surface area contributed by atoms with E-state index in [-0.39, 0.29) is 5.78 Å². The summed E-state index contributed by atoms with van der Waals surface area (Å²) in [5.41, 5.74) is 1.12. The normalized spacial score (nSPS) is 10.4. The highest BCUT2D eigenvalue weighted by Crippen LogP contribution is 2.27. The minimum absolute atomic E-state index is 0.0869. The van der Waals surface area contributed by atoms with E-state index in [1.807, 2.05) is 24.3 Å². The van der Waals surface area contributed by atoms with Gasteiger partial charge in [0.15, 0.2) is 5.78 Å². The van der Waals surface area contributed by atoms with Crippen molar-refractivity contribution < 1.29 is 14.3 Å². The molecule has 0 N–H and O–H groups in total. The molecule has 0 bridgehead atoms. The summed E-state index contributed by atoms with van der Waals surface area (Å²) in [5, 5.41) is 0. The lowest BCUT2D eigenvalue weighted by molar-refractivity contribution is 0.103. The van der Waals surface area contributed by atoms with Crippen molar-refractivity contribution in [1.82, 2.24) is 0 Å². The lowest BCUT2D eigenvalue weighted by atomic mass is 10.0. The second-order valence-electron chi connectivity index (χ2n) is 4.29. The monoisotopic (exact) mass is 412 g/mol. The Balaban J connectivity index is 2.32. The number of para-hydroxylation sites is 1. The van der Waals surface area contributed by atoms with Gasteiger partial charge in [0.05, 0.1) is 12.2 Å². The Bertz CT molecular complexity index is 641. The second-order valence-corrected chi connectivity index (χ2v) is 6.06. The molecule has 2 rings (SSSR count). The molecule has 0 saturated carbocycles. The minimum Gasteiger partial charge on any atom is -0.490 e. The fraction of sp³-hybridized carbons (Fsp3) is 0.188. The van der Waals surface area contributed by atoms with E-state index < -0.39 is 0 Å². The van der Waals surface area contributed by atoms with E-state index in [9.17, 15) is 4.79 Å². The average Bonchev–Trinajstić information content (AvgIpc) is 2.50. The third kappa shape index (κ3) is 4.15. The molecular formula is C16H14Br2O3. The minimum atomic E-state index is -0.0869. The van der Waals surface area contributed by atoms with Crippen LogP contribution in [0.5, 0.6) is 5.75 Å². The predicted octanol–water partition coefficient (Wildman–Crippen LogP) is 4.47. The number of methoxy groups -OCH3 is 1. The molecule has 2 aromatic rings. The van der Waals surface area contributed by atoms with Crippen LogP contribution in [0.4, 0.5) is 0 Å². The van der Waals surface area contributed by atoms with Crippen molar-refractivity contribution >= 4 is 37.6 Å². The molecule has 0 radical (unpaired) electrons. The molecule has 5 heteroatoms. The first-order chi connectivity index (χ1) is 10.1. The highest BCUT2D eigenvalue weighted by molar-refractivity contribution is 9.11. The van der Waals surface area contributed by atoms with E-state index in [4.69, 9.17) is 9.47 Å². The van der Waals surface area contributed by atoms with Gasteiger partial charge >= 0.3 is 0 Å². The SMILES string of the molecule is COCCOc1ccccc1C(=O)c1cc(Br)ccc1Br. The zero-order valence-corrected chi connectivity index (χ0v) is 14.6. The summed E-state index contributed by atoms with van der Waals surface area (Å²) in [7, 11) is 1.61. The molecule has 110 valence electrons. The first-order valence-corrected chi connectivity index (χ1v) is 7.92. The molecule has 0 spiro atoms. The molecule has 0 aliphatic heterocycles. The van der Waals surface area contributed by atoms with E-state index in [1.54, 1.807) is 25.3 Å². The zero-order valence-electron chi connectivity index (χ0n) is 11.4. The third-order valence-corrected chi connectivity index (χ3v) is 4.03. The molecule has 2 aromatic carbocycles. The number of rotatable bonds is 6. The average molecular weight is 414 g/mol. The van der Waals surface area contributed by atoms with Crippen LogP contribution < -0.4 is 4.74 Å². The smallest absolute Gasteiger partial charge is 0.197 e. The Morgan fingerprint density at radius 2 is 1.81 bits per heavy atom. The fourth-order valence-electron chi connectivity index (χ4n) is 1.83. The summed E-state index contributed by atoms with van der Waals surface area (Å²) in [6.07, 6.45) is 0. The van der Waals surface area contributed by atoms with E-state index in [2.05, 4.69) is 31.9 Å². The number of ether oxygens (including phenoxy) is 2. The van der Waals surface area contributed by atoms with Crippen molar-refractivity contribution in [2.24, 2.45) is 0 Å². The Morgan fingerprint density at radius 3 is 2.57 bits per heavy atom. The van der Waals surface area contributed by atoms with Gasteiger partial charge in [0, 0.05) is 21.6 Å². The van der Waals surface area contributed by atoms with Crippen LogP contribution in [0, 0.1) is 0 Å². The van der Waals surface area contributed by atoms with Crippen molar-refractivity contribution in [3.05, 3.63) is 62.5 Å². The lowest BCUT2D eigenvalue weighted by Crippen LogP contribution is -2.09. The molecule has 0 fully saturated rings. The van der Waals surface area contributed by atoms with Crippen LogP contribution in [0.25, 0.3) is 0 Å². The van der Waals surface area contributed by atoms with E-state index in [0.29, 0.717) is 30.1 Å². The Morgan fingerprint density at radius 1 is 1.05 bits per heavy atom. The molecule has 0 heterocycles. The molecule has 0 aromatic heterocycles. The Hall–Kier alpha value is -1.17. The number of ketones is 1. The van der Waals surface area contributed by atoms with Gasteiger partial charge in [-0.05, 0) is 30.3 Å². The van der Waals surface area contributed by atoms with Crippen LogP contribution >= 0.6 is 31.9 Å². The maximum absolute atomic E-state index is 12.7. The first kappa shape index (κ1) is 16.2. The number of carbonyl (C=O) groups is 1. The largest absolute Gasteiger partial charge is 0.490 e. The fourth-order valence-corrected chi connectivity index (χ4v) is 2.62. The summed E-state index contributed by atoms with van der Waals surface area (Å²) < 4.78 is 12.2. The van der Waals surface area contributed by atoms with Crippen molar-refractivity contribution in [2.75, 3.05) is 20.3 Å². The molecule has 0 unspecified atom stereocenters. The van der Waals surface area contributed by atoms with Gasteiger partial charge in [-0.3, -0.25) is 4.79 Å². The van der Waals surface area contributed by atoms with Gasteiger partial charge in [-0.2, -0.15) is 0 Å². The van der Waals surface area contributed by atoms with Gasteiger partial charge < -0.3 is 9.47 Å². The predicted molar refractivity (Wildman–Crippen MR) is 89.1 cm³/mol. The number of hydrogen-bond donors (Lipinski definition) is 0. The van der Waals surface area contributed by atoms with Gasteiger partial charge in [0.25, 0.3) is 0 Å². The van der Waals surface area contributed by atoms with Gasteiger partial charge in [0.1, 0.15) is 12.4 Å². The highest BCUT2D eigenvalue weighted by Gasteiger charge is 2.17. The molecular weight excluding hydrogens is 400 g/mol. The van der Waals surface area contributed by atoms with Crippen LogP contribution in [0.3, 0.4) is 0 Å². The van der Waals surface area contributed by atoms with Crippen LogP contribution in [-0.4, -0.2) is 26.1 Å². The molecule has 0 amide bonds. The van der Waals surface area contributed by atoms with Gasteiger partial charge in [-0.1, -0.05) is 44.0 Å². The van der Waals surface area contributed by atoms with Crippen LogP contribution in [-0.2, 0) is 4.74 Å². The first-order valence-electron chi connectivity index (χ1n) is 6.34. The Kier molecular flexibility index (Phi) is 5.96.